The van der Waals surface area contributed by atoms with Gasteiger partial charge in [0.1, 0.15) is 26.4 Å². The van der Waals surface area contributed by atoms with Crippen molar-refractivity contribution in [3.8, 4) is 46.0 Å². The summed E-state index contributed by atoms with van der Waals surface area (Å²) >= 11 is 0. The van der Waals surface area contributed by atoms with Gasteiger partial charge < -0.3 is 48.5 Å². The van der Waals surface area contributed by atoms with E-state index in [1.165, 1.54) is 33.4 Å². The van der Waals surface area contributed by atoms with E-state index in [1.807, 2.05) is 78.9 Å². The van der Waals surface area contributed by atoms with Gasteiger partial charge in [0.05, 0.1) is 34.5 Å². The first-order chi connectivity index (χ1) is 38.3. The van der Waals surface area contributed by atoms with Crippen LogP contribution in [-0.4, -0.2) is 41.5 Å². The minimum absolute atomic E-state index is 0.0565. The highest BCUT2D eigenvalue weighted by atomic mass is 16.5. The van der Waals surface area contributed by atoms with Gasteiger partial charge in [-0.1, -0.05) is 133 Å². The van der Waals surface area contributed by atoms with Crippen LogP contribution in [-0.2, 0) is 45.7 Å². The fraction of sp³-hybridized carbons (Fsp3) is 0.265. The van der Waals surface area contributed by atoms with Crippen LogP contribution >= 0.6 is 0 Å². The van der Waals surface area contributed by atoms with Crippen LogP contribution in [0.25, 0.3) is 6.08 Å². The highest BCUT2D eigenvalue weighted by Crippen LogP contribution is 2.40. The highest BCUT2D eigenvalue weighted by Gasteiger charge is 2.25. The van der Waals surface area contributed by atoms with Crippen molar-refractivity contribution in [3.05, 3.63) is 243 Å². The number of hydrogen-bond donors (Lipinski definition) is 2. The number of methoxy groups -OCH3 is 4. The standard InChI is InChI=1S/C34H37NO4.C34H35NO4/c2*1-24-18-31(36-2)33(38-22-25-10-6-4-7-11-25)19-27(24)14-15-30-29-21-32(37-3)34(20-28(29)16-17-35-30)39-23-26-12-8-5-9-13-26/h4-13,18-21,30,35H,14-17,22-23H2,1-3H3;4-15,18-21,30,35H,16-17,22-23H2,1-3H3/b;15-14+. The summed E-state index contributed by atoms with van der Waals surface area (Å²) in [6.07, 6.45) is 8.15. The Labute approximate surface area is 460 Å². The largest absolute Gasteiger partial charge is 0.493 e. The lowest BCUT2D eigenvalue weighted by Crippen LogP contribution is -2.30. The molecule has 0 amide bonds. The Morgan fingerprint density at radius 3 is 1.29 bits per heavy atom. The Morgan fingerprint density at radius 2 is 0.821 bits per heavy atom. The molecule has 10 heteroatoms. The van der Waals surface area contributed by atoms with E-state index in [9.17, 15) is 0 Å². The Bertz CT molecular complexity index is 3220. The van der Waals surface area contributed by atoms with Crippen molar-refractivity contribution in [2.24, 2.45) is 0 Å². The summed E-state index contributed by atoms with van der Waals surface area (Å²) in [5.41, 5.74) is 14.3. The minimum atomic E-state index is 0.0565. The molecule has 10 nitrogen and oxygen atoms in total. The lowest BCUT2D eigenvalue weighted by molar-refractivity contribution is 0.283. The lowest BCUT2D eigenvalue weighted by atomic mass is 9.89. The molecule has 0 spiro atoms. The molecule has 0 saturated heterocycles. The van der Waals surface area contributed by atoms with Gasteiger partial charge in [0.2, 0.25) is 0 Å². The second-order valence-corrected chi connectivity index (χ2v) is 19.6. The SMILES string of the molecule is COc1cc(C)c(/C=C/C2NCCc3cc(OCc4ccccc4)c(OC)cc32)cc1OCc1ccccc1.COc1cc(C)c(CCC2NCCc3cc(OCc4ccccc4)c(OC)cc32)cc1OCc1ccccc1. The smallest absolute Gasteiger partial charge is 0.162 e. The summed E-state index contributed by atoms with van der Waals surface area (Å²) in [5.74, 6) is 6.09. The first-order valence-corrected chi connectivity index (χ1v) is 26.9. The zero-order valence-corrected chi connectivity index (χ0v) is 45.8. The molecule has 0 aromatic heterocycles. The van der Waals surface area contributed by atoms with Crippen LogP contribution in [0.3, 0.4) is 0 Å². The van der Waals surface area contributed by atoms with Crippen LogP contribution in [0, 0.1) is 13.8 Å². The molecule has 2 unspecified atom stereocenters. The van der Waals surface area contributed by atoms with E-state index in [-0.39, 0.29) is 12.1 Å². The first-order valence-electron chi connectivity index (χ1n) is 26.9. The Hall–Kier alpha value is -8.18. The van der Waals surface area contributed by atoms with E-state index in [2.05, 4.69) is 128 Å². The maximum atomic E-state index is 6.19. The normalized spacial score (nSPS) is 14.5. The number of hydrogen-bond acceptors (Lipinski definition) is 10. The molecule has 8 aromatic rings. The fourth-order valence-corrected chi connectivity index (χ4v) is 10.0. The van der Waals surface area contributed by atoms with Crippen LogP contribution in [0.1, 0.15) is 85.3 Å². The number of nitrogens with one attached hydrogen (secondary N) is 2. The van der Waals surface area contributed by atoms with Gasteiger partial charge in [-0.25, -0.2) is 0 Å². The predicted molar refractivity (Wildman–Crippen MR) is 311 cm³/mol. The van der Waals surface area contributed by atoms with Crippen molar-refractivity contribution in [2.45, 2.75) is 78.0 Å². The van der Waals surface area contributed by atoms with Crippen LogP contribution in [0.15, 0.2) is 176 Å². The monoisotopic (exact) mass is 1040 g/mol. The third-order valence-electron chi connectivity index (χ3n) is 14.4. The molecule has 10 rings (SSSR count). The van der Waals surface area contributed by atoms with Gasteiger partial charge in [-0.15, -0.1) is 0 Å². The maximum Gasteiger partial charge on any atom is 0.162 e. The number of aryl methyl sites for hydroxylation is 3. The van der Waals surface area contributed by atoms with Crippen LogP contribution in [0.5, 0.6) is 46.0 Å². The van der Waals surface area contributed by atoms with E-state index < -0.39 is 0 Å². The molecule has 0 bridgehead atoms. The molecule has 78 heavy (non-hydrogen) atoms. The van der Waals surface area contributed by atoms with Gasteiger partial charge in [-0.3, -0.25) is 0 Å². The first kappa shape index (κ1) is 54.6. The summed E-state index contributed by atoms with van der Waals surface area (Å²) in [6.45, 7) is 8.06. The van der Waals surface area contributed by atoms with E-state index >= 15 is 0 Å². The number of fused-ring (bicyclic) bond motifs is 2. The topological polar surface area (TPSA) is 97.9 Å². The van der Waals surface area contributed by atoms with Crippen molar-refractivity contribution in [2.75, 3.05) is 41.5 Å². The van der Waals surface area contributed by atoms with E-state index in [0.717, 1.165) is 118 Å². The Balaban J connectivity index is 0.000000190. The molecule has 0 radical (unpaired) electrons. The van der Waals surface area contributed by atoms with Gasteiger partial charge in [0.25, 0.3) is 0 Å². The molecule has 0 saturated carbocycles. The molecular formula is C68H72N2O8. The molecule has 0 aliphatic carbocycles. The van der Waals surface area contributed by atoms with Crippen LogP contribution < -0.4 is 48.5 Å². The van der Waals surface area contributed by atoms with Crippen LogP contribution in [0.4, 0.5) is 0 Å². The van der Waals surface area contributed by atoms with Crippen molar-refractivity contribution >= 4 is 6.08 Å². The zero-order chi connectivity index (χ0) is 54.1. The highest BCUT2D eigenvalue weighted by molar-refractivity contribution is 5.62. The van der Waals surface area contributed by atoms with E-state index in [0.29, 0.717) is 26.4 Å². The van der Waals surface area contributed by atoms with Gasteiger partial charge in [0, 0.05) is 12.6 Å². The third kappa shape index (κ3) is 14.2. The number of benzene rings is 8. The predicted octanol–water partition coefficient (Wildman–Crippen LogP) is 14.1. The van der Waals surface area contributed by atoms with E-state index in [4.69, 9.17) is 37.9 Å². The van der Waals surface area contributed by atoms with Crippen molar-refractivity contribution in [1.29, 1.82) is 0 Å². The molecule has 2 atom stereocenters. The van der Waals surface area contributed by atoms with Crippen molar-refractivity contribution in [3.63, 3.8) is 0 Å². The molecule has 402 valence electrons. The number of ether oxygens (including phenoxy) is 8. The molecule has 0 fully saturated rings. The zero-order valence-electron chi connectivity index (χ0n) is 45.8. The summed E-state index contributed by atoms with van der Waals surface area (Å²) in [7, 11) is 6.77. The fourth-order valence-electron chi connectivity index (χ4n) is 10.0. The molecule has 2 heterocycles. The molecular weight excluding hydrogens is 973 g/mol. The second kappa shape index (κ2) is 27.2. The van der Waals surface area contributed by atoms with Gasteiger partial charge in [-0.2, -0.15) is 0 Å². The lowest BCUT2D eigenvalue weighted by Gasteiger charge is -2.28. The summed E-state index contributed by atoms with van der Waals surface area (Å²) in [4.78, 5) is 0. The molecule has 2 aliphatic rings. The van der Waals surface area contributed by atoms with Gasteiger partial charge in [0.15, 0.2) is 46.0 Å². The Morgan fingerprint density at radius 1 is 0.423 bits per heavy atom. The van der Waals surface area contributed by atoms with Crippen molar-refractivity contribution in [1.82, 2.24) is 10.6 Å². The minimum Gasteiger partial charge on any atom is -0.493 e. The summed E-state index contributed by atoms with van der Waals surface area (Å²) < 4.78 is 47.4. The van der Waals surface area contributed by atoms with Gasteiger partial charge in [-0.05, 0) is 161 Å². The molecule has 2 aliphatic heterocycles. The number of rotatable bonds is 21. The average molecular weight is 1050 g/mol. The van der Waals surface area contributed by atoms with E-state index in [1.54, 1.807) is 28.4 Å². The Kier molecular flexibility index (Phi) is 19.1. The van der Waals surface area contributed by atoms with Gasteiger partial charge >= 0.3 is 0 Å². The van der Waals surface area contributed by atoms with Crippen molar-refractivity contribution < 1.29 is 37.9 Å². The van der Waals surface area contributed by atoms with Crippen LogP contribution in [0.2, 0.25) is 0 Å². The third-order valence-corrected chi connectivity index (χ3v) is 14.4. The molecule has 8 aromatic carbocycles. The summed E-state index contributed by atoms with van der Waals surface area (Å²) in [6, 6.07) is 57.9. The quantitative estimate of drug-likeness (QED) is 0.0724. The maximum absolute atomic E-state index is 6.19. The summed E-state index contributed by atoms with van der Waals surface area (Å²) in [5, 5.41) is 7.36. The average Bonchev–Trinajstić information content (AvgIpc) is 3.50. The molecule has 2 N–H and O–H groups in total. The second-order valence-electron chi connectivity index (χ2n) is 19.6.